The van der Waals surface area contributed by atoms with Gasteiger partial charge in [0.2, 0.25) is 0 Å². The number of rotatable bonds is 4. The van der Waals surface area contributed by atoms with Crippen LogP contribution in [0, 0.1) is 16.0 Å². The van der Waals surface area contributed by atoms with Gasteiger partial charge in [0, 0.05) is 25.7 Å². The zero-order chi connectivity index (χ0) is 14.9. The Hall–Kier alpha value is -1.53. The first-order valence-corrected chi connectivity index (χ1v) is 6.89. The molecule has 0 aromatic heterocycles. The highest BCUT2D eigenvalue weighted by molar-refractivity contribution is 6.33. The Bertz CT molecular complexity index is 521. The third kappa shape index (κ3) is 3.13. The zero-order valence-electron chi connectivity index (χ0n) is 11.7. The van der Waals surface area contributed by atoms with Crippen molar-refractivity contribution >= 4 is 28.7 Å². The molecule has 6 nitrogen and oxygen atoms in total. The van der Waals surface area contributed by atoms with E-state index in [-0.39, 0.29) is 11.4 Å². The molecular weight excluding hydrogens is 280 g/mol. The molecule has 1 aromatic carbocycles. The monoisotopic (exact) mass is 298 g/mol. The van der Waals surface area contributed by atoms with Crippen molar-refractivity contribution in [3.8, 4) is 0 Å². The maximum Gasteiger partial charge on any atom is 0.293 e. The minimum atomic E-state index is -0.510. The van der Waals surface area contributed by atoms with Gasteiger partial charge in [0.1, 0.15) is 5.69 Å². The Balaban J connectivity index is 2.18. The Labute approximate surface area is 123 Å². The SMILES string of the molecule is CN(C)C[C@@H]1CCN(c2cc(N)c([N+](=O)[O-])cc2Cl)C1. The van der Waals surface area contributed by atoms with Gasteiger partial charge in [0.15, 0.2) is 0 Å². The van der Waals surface area contributed by atoms with Crippen LogP contribution in [0.2, 0.25) is 5.02 Å². The van der Waals surface area contributed by atoms with E-state index < -0.39 is 4.92 Å². The van der Waals surface area contributed by atoms with Gasteiger partial charge in [-0.25, -0.2) is 0 Å². The quantitative estimate of drug-likeness (QED) is 0.524. The van der Waals surface area contributed by atoms with Gasteiger partial charge in [0.25, 0.3) is 5.69 Å². The van der Waals surface area contributed by atoms with Crippen molar-refractivity contribution in [2.75, 3.05) is 44.4 Å². The Kier molecular flexibility index (Phi) is 4.35. The van der Waals surface area contributed by atoms with Crippen molar-refractivity contribution in [2.45, 2.75) is 6.42 Å². The molecule has 0 aliphatic carbocycles. The average Bonchev–Trinajstić information content (AvgIpc) is 2.78. The normalized spacial score (nSPS) is 18.8. The maximum atomic E-state index is 10.8. The Morgan fingerprint density at radius 1 is 1.55 bits per heavy atom. The number of hydrogen-bond acceptors (Lipinski definition) is 5. The van der Waals surface area contributed by atoms with Crippen LogP contribution in [0.3, 0.4) is 0 Å². The summed E-state index contributed by atoms with van der Waals surface area (Å²) < 4.78 is 0. The van der Waals surface area contributed by atoms with Crippen LogP contribution in [0.15, 0.2) is 12.1 Å². The van der Waals surface area contributed by atoms with E-state index in [1.807, 2.05) is 0 Å². The number of halogens is 1. The first kappa shape index (κ1) is 14.9. The molecule has 0 unspecified atom stereocenters. The fourth-order valence-corrected chi connectivity index (χ4v) is 2.96. The molecular formula is C13H19ClN4O2. The summed E-state index contributed by atoms with van der Waals surface area (Å²) in [7, 11) is 4.11. The largest absolute Gasteiger partial charge is 0.393 e. The summed E-state index contributed by atoms with van der Waals surface area (Å²) in [6.45, 7) is 2.82. The van der Waals surface area contributed by atoms with Crippen LogP contribution >= 0.6 is 11.6 Å². The fraction of sp³-hybridized carbons (Fsp3) is 0.538. The van der Waals surface area contributed by atoms with E-state index in [2.05, 4.69) is 23.9 Å². The summed E-state index contributed by atoms with van der Waals surface area (Å²) in [5.74, 6) is 0.581. The molecule has 110 valence electrons. The minimum absolute atomic E-state index is 0.136. The molecule has 2 rings (SSSR count). The second kappa shape index (κ2) is 5.85. The highest BCUT2D eigenvalue weighted by Gasteiger charge is 2.26. The van der Waals surface area contributed by atoms with Crippen molar-refractivity contribution in [1.82, 2.24) is 4.90 Å². The van der Waals surface area contributed by atoms with Crippen LogP contribution < -0.4 is 10.6 Å². The van der Waals surface area contributed by atoms with Gasteiger partial charge >= 0.3 is 0 Å². The molecule has 0 saturated carbocycles. The van der Waals surface area contributed by atoms with Crippen molar-refractivity contribution in [1.29, 1.82) is 0 Å². The third-order valence-electron chi connectivity index (χ3n) is 3.54. The van der Waals surface area contributed by atoms with Gasteiger partial charge in [-0.2, -0.15) is 0 Å². The van der Waals surface area contributed by atoms with Crippen LogP contribution in [0.1, 0.15) is 6.42 Å². The van der Waals surface area contributed by atoms with Gasteiger partial charge in [-0.05, 0) is 32.5 Å². The smallest absolute Gasteiger partial charge is 0.293 e. The molecule has 0 spiro atoms. The molecule has 1 aliphatic heterocycles. The molecule has 1 aromatic rings. The number of nitro groups is 1. The maximum absolute atomic E-state index is 10.8. The first-order chi connectivity index (χ1) is 9.38. The van der Waals surface area contributed by atoms with Crippen molar-refractivity contribution in [3.63, 3.8) is 0 Å². The van der Waals surface area contributed by atoms with E-state index in [0.717, 1.165) is 31.7 Å². The molecule has 1 fully saturated rings. The topological polar surface area (TPSA) is 75.6 Å². The van der Waals surface area contributed by atoms with Crippen LogP contribution in [0.5, 0.6) is 0 Å². The lowest BCUT2D eigenvalue weighted by Gasteiger charge is -2.21. The van der Waals surface area contributed by atoms with Crippen molar-refractivity contribution in [2.24, 2.45) is 5.92 Å². The Morgan fingerprint density at radius 2 is 2.25 bits per heavy atom. The molecule has 2 N–H and O–H groups in total. The molecule has 0 amide bonds. The summed E-state index contributed by atoms with van der Waals surface area (Å²) in [6, 6.07) is 2.95. The molecule has 0 radical (unpaired) electrons. The summed E-state index contributed by atoms with van der Waals surface area (Å²) in [4.78, 5) is 14.6. The lowest BCUT2D eigenvalue weighted by molar-refractivity contribution is -0.383. The number of benzene rings is 1. The van der Waals surface area contributed by atoms with Crippen LogP contribution in [-0.2, 0) is 0 Å². The van der Waals surface area contributed by atoms with E-state index in [1.54, 1.807) is 6.07 Å². The number of nitro benzene ring substituents is 1. The van der Waals surface area contributed by atoms with Gasteiger partial charge in [-0.3, -0.25) is 10.1 Å². The standard InChI is InChI=1S/C13H19ClN4O2/c1-16(2)7-9-3-4-17(8-9)12-6-11(15)13(18(19)20)5-10(12)14/h5-6,9H,3-4,7-8,15H2,1-2H3/t9-/m0/s1. The summed E-state index contributed by atoms with van der Waals surface area (Å²) in [6.07, 6.45) is 1.09. The molecule has 1 saturated heterocycles. The van der Waals surface area contributed by atoms with E-state index in [0.29, 0.717) is 10.9 Å². The lowest BCUT2D eigenvalue weighted by Crippen LogP contribution is -2.25. The summed E-state index contributed by atoms with van der Waals surface area (Å²) in [5.41, 5.74) is 6.55. The predicted octanol–water partition coefficient (Wildman–Crippen LogP) is 2.22. The average molecular weight is 299 g/mol. The van der Waals surface area contributed by atoms with E-state index in [1.165, 1.54) is 6.07 Å². The Morgan fingerprint density at radius 3 is 2.85 bits per heavy atom. The number of nitrogen functional groups attached to an aromatic ring is 1. The van der Waals surface area contributed by atoms with Gasteiger partial charge in [-0.1, -0.05) is 11.6 Å². The van der Waals surface area contributed by atoms with Gasteiger partial charge < -0.3 is 15.5 Å². The predicted molar refractivity (Wildman–Crippen MR) is 81.4 cm³/mol. The van der Waals surface area contributed by atoms with Crippen LogP contribution in [-0.4, -0.2) is 43.6 Å². The van der Waals surface area contributed by atoms with Gasteiger partial charge in [0.05, 0.1) is 15.6 Å². The minimum Gasteiger partial charge on any atom is -0.393 e. The second-order valence-electron chi connectivity index (χ2n) is 5.48. The zero-order valence-corrected chi connectivity index (χ0v) is 12.4. The number of anilines is 2. The van der Waals surface area contributed by atoms with Crippen LogP contribution in [0.25, 0.3) is 0 Å². The van der Waals surface area contributed by atoms with E-state index in [4.69, 9.17) is 17.3 Å². The molecule has 7 heteroatoms. The highest BCUT2D eigenvalue weighted by Crippen LogP contribution is 2.36. The van der Waals surface area contributed by atoms with Crippen LogP contribution in [0.4, 0.5) is 17.1 Å². The molecule has 20 heavy (non-hydrogen) atoms. The van der Waals surface area contributed by atoms with Crippen molar-refractivity contribution < 1.29 is 4.92 Å². The second-order valence-corrected chi connectivity index (χ2v) is 5.89. The number of nitrogens with zero attached hydrogens (tertiary/aromatic N) is 3. The number of hydrogen-bond donors (Lipinski definition) is 1. The summed E-state index contributed by atoms with van der Waals surface area (Å²) in [5, 5.41) is 11.2. The summed E-state index contributed by atoms with van der Waals surface area (Å²) >= 11 is 6.17. The molecule has 1 atom stereocenters. The van der Waals surface area contributed by atoms with E-state index in [9.17, 15) is 10.1 Å². The fourth-order valence-electron chi connectivity index (χ4n) is 2.68. The first-order valence-electron chi connectivity index (χ1n) is 6.51. The molecule has 1 heterocycles. The lowest BCUT2D eigenvalue weighted by atomic mass is 10.1. The third-order valence-corrected chi connectivity index (χ3v) is 3.85. The van der Waals surface area contributed by atoms with Gasteiger partial charge in [-0.15, -0.1) is 0 Å². The van der Waals surface area contributed by atoms with E-state index >= 15 is 0 Å². The molecule has 0 bridgehead atoms. The number of nitrogens with two attached hydrogens (primary N) is 1. The molecule has 1 aliphatic rings. The highest BCUT2D eigenvalue weighted by atomic mass is 35.5. The van der Waals surface area contributed by atoms with Crippen molar-refractivity contribution in [3.05, 3.63) is 27.3 Å².